The molecule has 2 heterocycles. The maximum absolute atomic E-state index is 5.98. The zero-order valence-corrected chi connectivity index (χ0v) is 11.5. The summed E-state index contributed by atoms with van der Waals surface area (Å²) in [5.74, 6) is 1.31. The van der Waals surface area contributed by atoms with Crippen LogP contribution in [0, 0.1) is 6.92 Å². The highest BCUT2D eigenvalue weighted by Gasteiger charge is 2.11. The van der Waals surface area contributed by atoms with Crippen LogP contribution >= 0.6 is 22.9 Å². The Labute approximate surface area is 114 Å². The molecule has 0 saturated carbocycles. The first-order chi connectivity index (χ1) is 8.78. The molecule has 0 N–H and O–H groups in total. The van der Waals surface area contributed by atoms with Crippen LogP contribution in [-0.2, 0) is 12.4 Å². The van der Waals surface area contributed by atoms with E-state index in [9.17, 15) is 0 Å². The molecule has 3 nitrogen and oxygen atoms in total. The third-order valence-corrected chi connectivity index (χ3v) is 3.78. The molecule has 0 saturated heterocycles. The zero-order valence-electron chi connectivity index (χ0n) is 9.93. The number of aryl methyl sites for hydroxylation is 1. The lowest BCUT2D eigenvalue weighted by molar-refractivity contribution is 0.763. The van der Waals surface area contributed by atoms with Gasteiger partial charge in [0.2, 0.25) is 0 Å². The number of hydrogen-bond acceptors (Lipinski definition) is 3. The van der Waals surface area contributed by atoms with E-state index in [4.69, 9.17) is 11.6 Å². The van der Waals surface area contributed by atoms with E-state index >= 15 is 0 Å². The molecule has 18 heavy (non-hydrogen) atoms. The van der Waals surface area contributed by atoms with Gasteiger partial charge in [-0.15, -0.1) is 22.9 Å². The Balaban J connectivity index is 2.13. The van der Waals surface area contributed by atoms with Crippen molar-refractivity contribution in [1.29, 1.82) is 0 Å². The summed E-state index contributed by atoms with van der Waals surface area (Å²) in [4.78, 5) is 8.90. The van der Waals surface area contributed by atoms with Crippen LogP contribution in [0.3, 0.4) is 0 Å². The van der Waals surface area contributed by atoms with Crippen LogP contribution in [0.15, 0.2) is 29.1 Å². The Morgan fingerprint density at radius 1 is 1.39 bits per heavy atom. The highest BCUT2D eigenvalue weighted by molar-refractivity contribution is 7.07. The molecule has 92 valence electrons. The Morgan fingerprint density at radius 2 is 2.28 bits per heavy atom. The third-order valence-electron chi connectivity index (χ3n) is 2.91. The van der Waals surface area contributed by atoms with Crippen molar-refractivity contribution in [2.45, 2.75) is 19.3 Å². The fourth-order valence-corrected chi connectivity index (χ4v) is 2.80. The number of alkyl halides is 1. The molecule has 0 amide bonds. The molecule has 0 fully saturated rings. The minimum Gasteiger partial charge on any atom is -0.321 e. The summed E-state index contributed by atoms with van der Waals surface area (Å²) >= 11 is 7.59. The normalized spacial score (nSPS) is 11.2. The van der Waals surface area contributed by atoms with Crippen LogP contribution in [-0.4, -0.2) is 14.5 Å². The number of halogens is 1. The third kappa shape index (κ3) is 2.02. The second-order valence-corrected chi connectivity index (χ2v) is 5.21. The van der Waals surface area contributed by atoms with Gasteiger partial charge in [0.05, 0.1) is 34.7 Å². The van der Waals surface area contributed by atoms with Crippen molar-refractivity contribution in [1.82, 2.24) is 14.5 Å². The number of nitrogens with zero attached hydrogens (tertiary/aromatic N) is 3. The standard InChI is InChI=1S/C13H12ClN3S/c1-9-2-3-12-11(4-9)16-13(5-14)17(12)6-10-7-18-8-15-10/h2-4,7-8H,5-6H2,1H3. The van der Waals surface area contributed by atoms with E-state index < -0.39 is 0 Å². The molecule has 0 bridgehead atoms. The lowest BCUT2D eigenvalue weighted by Gasteiger charge is -2.05. The van der Waals surface area contributed by atoms with Gasteiger partial charge in [-0.1, -0.05) is 6.07 Å². The van der Waals surface area contributed by atoms with Gasteiger partial charge < -0.3 is 4.57 Å². The number of imidazole rings is 1. The summed E-state index contributed by atoms with van der Waals surface area (Å²) in [5, 5.41) is 2.05. The highest BCUT2D eigenvalue weighted by atomic mass is 35.5. The summed E-state index contributed by atoms with van der Waals surface area (Å²) < 4.78 is 2.14. The van der Waals surface area contributed by atoms with Gasteiger partial charge >= 0.3 is 0 Å². The summed E-state index contributed by atoms with van der Waals surface area (Å²) in [6, 6.07) is 6.28. The average molecular weight is 278 g/mol. The van der Waals surface area contributed by atoms with Gasteiger partial charge in [0.1, 0.15) is 5.82 Å². The fraction of sp³-hybridized carbons (Fsp3) is 0.231. The number of fused-ring (bicyclic) bond motifs is 1. The number of hydrogen-bond donors (Lipinski definition) is 0. The van der Waals surface area contributed by atoms with E-state index in [0.717, 1.165) is 29.1 Å². The molecule has 0 aliphatic heterocycles. The Kier molecular flexibility index (Phi) is 3.06. The fourth-order valence-electron chi connectivity index (χ4n) is 2.05. The second-order valence-electron chi connectivity index (χ2n) is 4.22. The van der Waals surface area contributed by atoms with E-state index in [2.05, 4.69) is 45.0 Å². The second kappa shape index (κ2) is 4.71. The van der Waals surface area contributed by atoms with Crippen LogP contribution in [0.5, 0.6) is 0 Å². The minimum atomic E-state index is 0.415. The molecule has 0 unspecified atom stereocenters. The quantitative estimate of drug-likeness (QED) is 0.685. The van der Waals surface area contributed by atoms with E-state index in [-0.39, 0.29) is 0 Å². The first kappa shape index (κ1) is 11.7. The first-order valence-corrected chi connectivity index (χ1v) is 7.14. The Hall–Kier alpha value is -1.39. The number of benzene rings is 1. The lowest BCUT2D eigenvalue weighted by Crippen LogP contribution is -2.03. The topological polar surface area (TPSA) is 30.7 Å². The summed E-state index contributed by atoms with van der Waals surface area (Å²) in [6.45, 7) is 2.80. The monoisotopic (exact) mass is 277 g/mol. The van der Waals surface area contributed by atoms with Gasteiger partial charge in [0.25, 0.3) is 0 Å². The molecule has 5 heteroatoms. The molecular formula is C13H12ClN3S. The predicted octanol–water partition coefficient (Wildman–Crippen LogP) is 3.59. The van der Waals surface area contributed by atoms with Crippen LogP contribution in [0.2, 0.25) is 0 Å². The van der Waals surface area contributed by atoms with Crippen molar-refractivity contribution in [2.75, 3.05) is 0 Å². The minimum absolute atomic E-state index is 0.415. The van der Waals surface area contributed by atoms with E-state index in [1.165, 1.54) is 5.56 Å². The Bertz CT molecular complexity index is 673. The molecule has 0 aliphatic rings. The van der Waals surface area contributed by atoms with Gasteiger partial charge in [-0.05, 0) is 24.6 Å². The Morgan fingerprint density at radius 3 is 3.00 bits per heavy atom. The van der Waals surface area contributed by atoms with Gasteiger partial charge in [0.15, 0.2) is 0 Å². The van der Waals surface area contributed by atoms with Crippen LogP contribution in [0.1, 0.15) is 17.1 Å². The lowest BCUT2D eigenvalue weighted by atomic mass is 10.2. The molecule has 3 aromatic rings. The molecular weight excluding hydrogens is 266 g/mol. The van der Waals surface area contributed by atoms with Gasteiger partial charge in [0, 0.05) is 5.38 Å². The number of thiazole rings is 1. The molecule has 1 aromatic carbocycles. The predicted molar refractivity (Wildman–Crippen MR) is 75.2 cm³/mol. The summed E-state index contributed by atoms with van der Waals surface area (Å²) in [7, 11) is 0. The van der Waals surface area contributed by atoms with Crippen molar-refractivity contribution in [3.8, 4) is 0 Å². The maximum Gasteiger partial charge on any atom is 0.125 e. The summed E-state index contributed by atoms with van der Waals surface area (Å²) in [6.07, 6.45) is 0. The number of rotatable bonds is 3. The molecule has 3 rings (SSSR count). The molecule has 0 spiro atoms. The van der Waals surface area contributed by atoms with Crippen molar-refractivity contribution in [2.24, 2.45) is 0 Å². The molecule has 0 aliphatic carbocycles. The van der Waals surface area contributed by atoms with Crippen molar-refractivity contribution in [3.63, 3.8) is 0 Å². The van der Waals surface area contributed by atoms with Crippen LogP contribution < -0.4 is 0 Å². The van der Waals surface area contributed by atoms with E-state index in [1.807, 2.05) is 5.51 Å². The van der Waals surface area contributed by atoms with Crippen molar-refractivity contribution < 1.29 is 0 Å². The molecule has 0 radical (unpaired) electrons. The smallest absolute Gasteiger partial charge is 0.125 e. The zero-order chi connectivity index (χ0) is 12.5. The van der Waals surface area contributed by atoms with E-state index in [0.29, 0.717) is 5.88 Å². The largest absolute Gasteiger partial charge is 0.321 e. The van der Waals surface area contributed by atoms with Gasteiger partial charge in [-0.25, -0.2) is 9.97 Å². The first-order valence-electron chi connectivity index (χ1n) is 5.66. The van der Waals surface area contributed by atoms with Crippen molar-refractivity contribution >= 4 is 34.0 Å². The summed E-state index contributed by atoms with van der Waals surface area (Å²) in [5.41, 5.74) is 6.22. The maximum atomic E-state index is 5.98. The van der Waals surface area contributed by atoms with E-state index in [1.54, 1.807) is 11.3 Å². The number of aromatic nitrogens is 3. The SMILES string of the molecule is Cc1ccc2c(c1)nc(CCl)n2Cc1cscn1. The molecule has 2 aromatic heterocycles. The van der Waals surface area contributed by atoms with Crippen LogP contribution in [0.4, 0.5) is 0 Å². The van der Waals surface area contributed by atoms with Crippen LogP contribution in [0.25, 0.3) is 11.0 Å². The highest BCUT2D eigenvalue weighted by Crippen LogP contribution is 2.20. The van der Waals surface area contributed by atoms with Gasteiger partial charge in [-0.3, -0.25) is 0 Å². The van der Waals surface area contributed by atoms with Gasteiger partial charge in [-0.2, -0.15) is 0 Å². The van der Waals surface area contributed by atoms with Crippen molar-refractivity contribution in [3.05, 3.63) is 46.2 Å². The molecule has 0 atom stereocenters. The average Bonchev–Trinajstić information content (AvgIpc) is 2.97.